The largest absolute Gasteiger partial charge is 0.383 e. The highest BCUT2D eigenvalue weighted by Crippen LogP contribution is 2.09. The minimum absolute atomic E-state index is 0.0148. The normalized spacial score (nSPS) is 20.2. The highest BCUT2D eigenvalue weighted by Gasteiger charge is 2.32. The zero-order chi connectivity index (χ0) is 9.90. The molecule has 78 valence electrons. The quantitative estimate of drug-likeness (QED) is 0.518. The van der Waals surface area contributed by atoms with Crippen LogP contribution in [0.3, 0.4) is 0 Å². The Labute approximate surface area is 78.2 Å². The van der Waals surface area contributed by atoms with Crippen LogP contribution in [0.15, 0.2) is 0 Å². The first-order valence-electron chi connectivity index (χ1n) is 4.05. The Balaban J connectivity index is 2.30. The number of nitrogens with zero attached hydrogens (tertiary/aromatic N) is 1. The van der Waals surface area contributed by atoms with E-state index >= 15 is 0 Å². The van der Waals surface area contributed by atoms with Crippen LogP contribution in [0.1, 0.15) is 0 Å². The molecule has 3 N–H and O–H groups in total. The van der Waals surface area contributed by atoms with Crippen molar-refractivity contribution in [3.05, 3.63) is 0 Å². The third-order valence-electron chi connectivity index (χ3n) is 1.81. The fraction of sp³-hybridized carbons (Fsp3) is 1.00. The van der Waals surface area contributed by atoms with Gasteiger partial charge in [-0.3, -0.25) is 0 Å². The van der Waals surface area contributed by atoms with Crippen LogP contribution in [0.2, 0.25) is 0 Å². The van der Waals surface area contributed by atoms with Crippen LogP contribution in [0.4, 0.5) is 0 Å². The van der Waals surface area contributed by atoms with E-state index in [4.69, 9.17) is 10.5 Å². The molecule has 0 spiro atoms. The fourth-order valence-corrected chi connectivity index (χ4v) is 2.33. The summed E-state index contributed by atoms with van der Waals surface area (Å²) in [4.78, 5) is 0. The maximum Gasteiger partial charge on any atom is 0.279 e. The van der Waals surface area contributed by atoms with Crippen LogP contribution in [-0.2, 0) is 14.9 Å². The predicted molar refractivity (Wildman–Crippen MR) is 48.3 cm³/mol. The molecule has 0 aliphatic carbocycles. The summed E-state index contributed by atoms with van der Waals surface area (Å²) in [6, 6.07) is -0.0148. The Kier molecular flexibility index (Phi) is 3.63. The average Bonchev–Trinajstić information content (AvgIpc) is 1.99. The molecule has 0 amide bonds. The van der Waals surface area contributed by atoms with Crippen LogP contribution in [0, 0.1) is 0 Å². The number of rotatable bonds is 5. The molecule has 0 aromatic heterocycles. The molecule has 0 unspecified atom stereocenters. The van der Waals surface area contributed by atoms with Crippen molar-refractivity contribution in [1.29, 1.82) is 0 Å². The van der Waals surface area contributed by atoms with E-state index in [2.05, 4.69) is 4.72 Å². The first-order valence-corrected chi connectivity index (χ1v) is 5.49. The van der Waals surface area contributed by atoms with Crippen LogP contribution in [0.5, 0.6) is 0 Å². The monoisotopic (exact) mass is 209 g/mol. The van der Waals surface area contributed by atoms with Crippen LogP contribution >= 0.6 is 0 Å². The molecule has 0 aromatic rings. The summed E-state index contributed by atoms with van der Waals surface area (Å²) in [6.07, 6.45) is 0. The zero-order valence-electron chi connectivity index (χ0n) is 7.56. The highest BCUT2D eigenvalue weighted by atomic mass is 32.2. The van der Waals surface area contributed by atoms with Crippen LogP contribution in [-0.4, -0.2) is 52.1 Å². The Morgan fingerprint density at radius 2 is 2.23 bits per heavy atom. The highest BCUT2D eigenvalue weighted by molar-refractivity contribution is 7.87. The van der Waals surface area contributed by atoms with Crippen molar-refractivity contribution < 1.29 is 13.2 Å². The lowest BCUT2D eigenvalue weighted by atomic mass is 10.2. The number of ether oxygens (including phenoxy) is 1. The summed E-state index contributed by atoms with van der Waals surface area (Å²) < 4.78 is 31.1. The van der Waals surface area contributed by atoms with E-state index < -0.39 is 10.2 Å². The summed E-state index contributed by atoms with van der Waals surface area (Å²) in [6.45, 7) is 1.48. The molecule has 1 rings (SSSR count). The first kappa shape index (κ1) is 10.9. The van der Waals surface area contributed by atoms with E-state index in [1.807, 2.05) is 0 Å². The molecule has 1 heterocycles. The third kappa shape index (κ3) is 2.89. The third-order valence-corrected chi connectivity index (χ3v) is 3.35. The van der Waals surface area contributed by atoms with E-state index in [1.54, 1.807) is 0 Å². The smallest absolute Gasteiger partial charge is 0.279 e. The number of nitrogens with two attached hydrogens (primary N) is 1. The predicted octanol–water partition coefficient (Wildman–Crippen LogP) is -1.89. The van der Waals surface area contributed by atoms with E-state index in [9.17, 15) is 8.42 Å². The summed E-state index contributed by atoms with van der Waals surface area (Å²) in [5, 5.41) is 0. The fourth-order valence-electron chi connectivity index (χ4n) is 1.03. The molecule has 0 bridgehead atoms. The second kappa shape index (κ2) is 4.34. The van der Waals surface area contributed by atoms with Gasteiger partial charge in [0.2, 0.25) is 0 Å². The molecule has 1 saturated heterocycles. The van der Waals surface area contributed by atoms with Gasteiger partial charge >= 0.3 is 0 Å². The van der Waals surface area contributed by atoms with Gasteiger partial charge in [-0.15, -0.1) is 0 Å². The molecule has 1 aliphatic rings. The van der Waals surface area contributed by atoms with Crippen molar-refractivity contribution in [2.45, 2.75) is 6.04 Å². The number of hydrogen-bond donors (Lipinski definition) is 2. The first-order chi connectivity index (χ1) is 6.06. The van der Waals surface area contributed by atoms with Gasteiger partial charge in [0.25, 0.3) is 10.2 Å². The standard InChI is InChI=1S/C6H15N3O3S/c1-12-3-2-8-13(10,11)9-4-6(7)5-9/h6,8H,2-5,7H2,1H3. The van der Waals surface area contributed by atoms with E-state index in [1.165, 1.54) is 11.4 Å². The van der Waals surface area contributed by atoms with Gasteiger partial charge in [0.15, 0.2) is 0 Å². The molecule has 0 aromatic carbocycles. The van der Waals surface area contributed by atoms with Gasteiger partial charge in [-0.2, -0.15) is 17.4 Å². The molecule has 0 saturated carbocycles. The van der Waals surface area contributed by atoms with Crippen LogP contribution in [0.25, 0.3) is 0 Å². The molecule has 1 fully saturated rings. The summed E-state index contributed by atoms with van der Waals surface area (Å²) in [7, 11) is -1.78. The molecular formula is C6H15N3O3S. The van der Waals surface area contributed by atoms with Crippen molar-refractivity contribution in [2.24, 2.45) is 5.73 Å². The number of nitrogens with one attached hydrogen (secondary N) is 1. The average molecular weight is 209 g/mol. The Hall–Kier alpha value is -0.210. The Bertz CT molecular complexity index is 248. The lowest BCUT2D eigenvalue weighted by Gasteiger charge is -2.35. The van der Waals surface area contributed by atoms with E-state index in [0.717, 1.165) is 0 Å². The van der Waals surface area contributed by atoms with Gasteiger partial charge in [0, 0.05) is 32.8 Å². The van der Waals surface area contributed by atoms with Crippen molar-refractivity contribution in [3.8, 4) is 0 Å². The van der Waals surface area contributed by atoms with Crippen molar-refractivity contribution in [2.75, 3.05) is 33.4 Å². The minimum Gasteiger partial charge on any atom is -0.383 e. The molecule has 1 aliphatic heterocycles. The summed E-state index contributed by atoms with van der Waals surface area (Å²) >= 11 is 0. The molecule has 6 nitrogen and oxygen atoms in total. The minimum atomic E-state index is -3.31. The second-order valence-corrected chi connectivity index (χ2v) is 4.72. The molecule has 7 heteroatoms. The van der Waals surface area contributed by atoms with Crippen molar-refractivity contribution in [1.82, 2.24) is 9.03 Å². The SMILES string of the molecule is COCCNS(=O)(=O)N1CC(N)C1. The molecular weight excluding hydrogens is 194 g/mol. The summed E-state index contributed by atoms with van der Waals surface area (Å²) in [5.74, 6) is 0. The molecule has 0 radical (unpaired) electrons. The maximum atomic E-state index is 11.3. The number of hydrogen-bond acceptors (Lipinski definition) is 4. The second-order valence-electron chi connectivity index (χ2n) is 2.97. The Morgan fingerprint density at radius 1 is 1.62 bits per heavy atom. The topological polar surface area (TPSA) is 84.7 Å². The van der Waals surface area contributed by atoms with Gasteiger partial charge in [0.05, 0.1) is 6.61 Å². The number of methoxy groups -OCH3 is 1. The van der Waals surface area contributed by atoms with Crippen LogP contribution < -0.4 is 10.5 Å². The van der Waals surface area contributed by atoms with E-state index in [0.29, 0.717) is 26.2 Å². The van der Waals surface area contributed by atoms with Gasteiger partial charge < -0.3 is 10.5 Å². The van der Waals surface area contributed by atoms with Gasteiger partial charge in [-0.25, -0.2) is 0 Å². The lowest BCUT2D eigenvalue weighted by molar-refractivity contribution is 0.202. The van der Waals surface area contributed by atoms with Crippen molar-refractivity contribution >= 4 is 10.2 Å². The Morgan fingerprint density at radius 3 is 2.69 bits per heavy atom. The van der Waals surface area contributed by atoms with E-state index in [-0.39, 0.29) is 6.04 Å². The lowest BCUT2D eigenvalue weighted by Crippen LogP contribution is -2.60. The summed E-state index contributed by atoms with van der Waals surface area (Å²) in [5.41, 5.74) is 5.46. The maximum absolute atomic E-state index is 11.3. The van der Waals surface area contributed by atoms with Gasteiger partial charge in [0.1, 0.15) is 0 Å². The van der Waals surface area contributed by atoms with Gasteiger partial charge in [-0.05, 0) is 0 Å². The zero-order valence-corrected chi connectivity index (χ0v) is 8.38. The van der Waals surface area contributed by atoms with Gasteiger partial charge in [-0.1, -0.05) is 0 Å². The molecule has 13 heavy (non-hydrogen) atoms. The molecule has 0 atom stereocenters. The van der Waals surface area contributed by atoms with Crippen molar-refractivity contribution in [3.63, 3.8) is 0 Å².